The number of amides is 1. The molecule has 1 aromatic rings. The first-order valence-electron chi connectivity index (χ1n) is 5.37. The minimum absolute atomic E-state index is 0. The van der Waals surface area contributed by atoms with Gasteiger partial charge in [-0.25, -0.2) is 0 Å². The molecule has 0 aromatic carbocycles. The molecule has 1 saturated heterocycles. The van der Waals surface area contributed by atoms with Crippen LogP contribution in [0.4, 0.5) is 0 Å². The highest BCUT2D eigenvalue weighted by Crippen LogP contribution is 2.23. The molecule has 2 rings (SSSR count). The summed E-state index contributed by atoms with van der Waals surface area (Å²) in [5.41, 5.74) is 1.17. The van der Waals surface area contributed by atoms with Gasteiger partial charge in [-0.2, -0.15) is 11.3 Å². The number of rotatable bonds is 3. The molecule has 6 heteroatoms. The molecule has 2 heterocycles. The Hall–Kier alpha value is -0.620. The number of carbonyl (C=O) groups excluding carboxylic acids is 1. The van der Waals surface area contributed by atoms with Gasteiger partial charge in [-0.3, -0.25) is 4.79 Å². The van der Waals surface area contributed by atoms with Crippen molar-refractivity contribution in [1.29, 1.82) is 0 Å². The average Bonchev–Trinajstić information content (AvgIpc) is 2.83. The summed E-state index contributed by atoms with van der Waals surface area (Å²) in [6, 6.07) is 2.06. The van der Waals surface area contributed by atoms with Gasteiger partial charge in [-0.05, 0) is 29.4 Å². The molecule has 0 bridgehead atoms. The minimum Gasteiger partial charge on any atom is -0.370 e. The number of thiophene rings is 1. The number of halogens is 1. The number of hydrogen-bond acceptors (Lipinski definition) is 4. The summed E-state index contributed by atoms with van der Waals surface area (Å²) >= 11 is 1.66. The van der Waals surface area contributed by atoms with Crippen LogP contribution in [0.25, 0.3) is 0 Å². The van der Waals surface area contributed by atoms with Crippen LogP contribution < -0.4 is 5.32 Å². The lowest BCUT2D eigenvalue weighted by Gasteiger charge is -2.32. The van der Waals surface area contributed by atoms with E-state index in [0.29, 0.717) is 26.2 Å². The fourth-order valence-electron chi connectivity index (χ4n) is 1.80. The maximum absolute atomic E-state index is 11.7. The molecule has 96 valence electrons. The van der Waals surface area contributed by atoms with E-state index in [9.17, 15) is 4.79 Å². The Labute approximate surface area is 111 Å². The van der Waals surface area contributed by atoms with Crippen molar-refractivity contribution < 1.29 is 9.53 Å². The Balaban J connectivity index is 0.00000144. The van der Waals surface area contributed by atoms with Gasteiger partial charge in [0.05, 0.1) is 19.7 Å². The van der Waals surface area contributed by atoms with Crippen molar-refractivity contribution in [3.05, 3.63) is 22.4 Å². The average molecular weight is 277 g/mol. The van der Waals surface area contributed by atoms with E-state index < -0.39 is 0 Å². The lowest BCUT2D eigenvalue weighted by atomic mass is 10.1. The van der Waals surface area contributed by atoms with Crippen LogP contribution in [-0.4, -0.2) is 44.1 Å². The second kappa shape index (κ2) is 6.96. The van der Waals surface area contributed by atoms with E-state index in [-0.39, 0.29) is 24.4 Å². The monoisotopic (exact) mass is 276 g/mol. The maximum Gasteiger partial charge on any atom is 0.236 e. The summed E-state index contributed by atoms with van der Waals surface area (Å²) < 4.78 is 5.67. The lowest BCUT2D eigenvalue weighted by Crippen LogP contribution is -2.45. The van der Waals surface area contributed by atoms with E-state index in [4.69, 9.17) is 4.74 Å². The van der Waals surface area contributed by atoms with E-state index in [2.05, 4.69) is 16.8 Å². The van der Waals surface area contributed by atoms with Gasteiger partial charge in [0.25, 0.3) is 0 Å². The summed E-state index contributed by atoms with van der Waals surface area (Å²) in [7, 11) is 1.79. The molecule has 1 fully saturated rings. The first-order chi connectivity index (χ1) is 7.81. The smallest absolute Gasteiger partial charge is 0.236 e. The highest BCUT2D eigenvalue weighted by atomic mass is 35.5. The predicted octanol–water partition coefficient (Wildman–Crippen LogP) is 1.29. The SMILES string of the molecule is CNCC(=O)N1CCOC(c2ccsc2)C1.Cl. The van der Waals surface area contributed by atoms with Crippen LogP contribution in [0.1, 0.15) is 11.7 Å². The zero-order valence-electron chi connectivity index (χ0n) is 9.72. The van der Waals surface area contributed by atoms with Crippen LogP contribution in [-0.2, 0) is 9.53 Å². The molecule has 4 nitrogen and oxygen atoms in total. The van der Waals surface area contributed by atoms with Crippen molar-refractivity contribution in [3.63, 3.8) is 0 Å². The summed E-state index contributed by atoms with van der Waals surface area (Å²) in [5, 5.41) is 7.00. The van der Waals surface area contributed by atoms with Gasteiger partial charge < -0.3 is 15.0 Å². The zero-order chi connectivity index (χ0) is 11.4. The van der Waals surface area contributed by atoms with Gasteiger partial charge in [-0.1, -0.05) is 0 Å². The van der Waals surface area contributed by atoms with Crippen LogP contribution in [0, 0.1) is 0 Å². The van der Waals surface area contributed by atoms with Gasteiger partial charge in [-0.15, -0.1) is 12.4 Å². The van der Waals surface area contributed by atoms with E-state index in [1.807, 2.05) is 10.3 Å². The van der Waals surface area contributed by atoms with E-state index >= 15 is 0 Å². The number of nitrogens with one attached hydrogen (secondary N) is 1. The summed E-state index contributed by atoms with van der Waals surface area (Å²) in [6.07, 6.45) is 0.0424. The summed E-state index contributed by atoms with van der Waals surface area (Å²) in [6.45, 7) is 2.38. The van der Waals surface area contributed by atoms with Crippen LogP contribution in [0.2, 0.25) is 0 Å². The second-order valence-electron chi connectivity index (χ2n) is 3.79. The molecule has 0 aliphatic carbocycles. The highest BCUT2D eigenvalue weighted by molar-refractivity contribution is 7.07. The Morgan fingerprint density at radius 2 is 2.53 bits per heavy atom. The molecule has 1 N–H and O–H groups in total. The molecule has 0 spiro atoms. The lowest BCUT2D eigenvalue weighted by molar-refractivity contribution is -0.137. The van der Waals surface area contributed by atoms with Gasteiger partial charge in [0, 0.05) is 6.54 Å². The van der Waals surface area contributed by atoms with Gasteiger partial charge in [0.15, 0.2) is 0 Å². The van der Waals surface area contributed by atoms with Crippen LogP contribution >= 0.6 is 23.7 Å². The molecule has 17 heavy (non-hydrogen) atoms. The van der Waals surface area contributed by atoms with Gasteiger partial charge in [0.1, 0.15) is 6.10 Å². The number of hydrogen-bond donors (Lipinski definition) is 1. The van der Waals surface area contributed by atoms with Crippen molar-refractivity contribution in [2.45, 2.75) is 6.10 Å². The van der Waals surface area contributed by atoms with Gasteiger partial charge in [0.2, 0.25) is 5.91 Å². The normalized spacial score (nSPS) is 19.8. The van der Waals surface area contributed by atoms with Crippen molar-refractivity contribution in [2.75, 3.05) is 33.3 Å². The molecule has 1 amide bonds. The third-order valence-electron chi connectivity index (χ3n) is 2.66. The summed E-state index contributed by atoms with van der Waals surface area (Å²) in [5.74, 6) is 0.144. The number of carbonyl (C=O) groups is 1. The zero-order valence-corrected chi connectivity index (χ0v) is 11.4. The fourth-order valence-corrected chi connectivity index (χ4v) is 2.50. The van der Waals surface area contributed by atoms with Gasteiger partial charge >= 0.3 is 0 Å². The van der Waals surface area contributed by atoms with Crippen molar-refractivity contribution in [2.24, 2.45) is 0 Å². The van der Waals surface area contributed by atoms with Crippen LogP contribution in [0.15, 0.2) is 16.8 Å². The molecule has 1 aliphatic rings. The molecule has 0 saturated carbocycles. The largest absolute Gasteiger partial charge is 0.370 e. The molecule has 1 aliphatic heterocycles. The number of morpholine rings is 1. The standard InChI is InChI=1S/C11H16N2O2S.ClH/c1-12-6-11(14)13-3-4-15-10(7-13)9-2-5-16-8-9;/h2,5,8,10,12H,3-4,6-7H2,1H3;1H. The summed E-state index contributed by atoms with van der Waals surface area (Å²) in [4.78, 5) is 13.6. The second-order valence-corrected chi connectivity index (χ2v) is 4.57. The van der Waals surface area contributed by atoms with Crippen molar-refractivity contribution in [3.8, 4) is 0 Å². The molecular weight excluding hydrogens is 260 g/mol. The van der Waals surface area contributed by atoms with Crippen LogP contribution in [0.5, 0.6) is 0 Å². The third-order valence-corrected chi connectivity index (χ3v) is 3.36. The number of nitrogens with zero attached hydrogens (tertiary/aromatic N) is 1. The maximum atomic E-state index is 11.7. The van der Waals surface area contributed by atoms with Crippen molar-refractivity contribution >= 4 is 29.7 Å². The van der Waals surface area contributed by atoms with Crippen molar-refractivity contribution in [1.82, 2.24) is 10.2 Å². The number of ether oxygens (including phenoxy) is 1. The number of likely N-dealkylation sites (N-methyl/N-ethyl adjacent to an activating group) is 1. The van der Waals surface area contributed by atoms with E-state index in [1.54, 1.807) is 18.4 Å². The molecule has 0 radical (unpaired) electrons. The Kier molecular flexibility index (Phi) is 5.91. The molecule has 1 atom stereocenters. The highest BCUT2D eigenvalue weighted by Gasteiger charge is 2.24. The molecule has 1 unspecified atom stereocenters. The first-order valence-corrected chi connectivity index (χ1v) is 6.31. The topological polar surface area (TPSA) is 41.6 Å². The quantitative estimate of drug-likeness (QED) is 0.905. The molecular formula is C11H17ClN2O2S. The predicted molar refractivity (Wildman–Crippen MR) is 70.8 cm³/mol. The van der Waals surface area contributed by atoms with E-state index in [1.165, 1.54) is 5.56 Å². The third kappa shape index (κ3) is 3.67. The fraction of sp³-hybridized carbons (Fsp3) is 0.545. The Morgan fingerprint density at radius 1 is 1.71 bits per heavy atom. The molecule has 1 aromatic heterocycles. The minimum atomic E-state index is 0. The van der Waals surface area contributed by atoms with E-state index in [0.717, 1.165) is 0 Å². The Bertz CT molecular complexity index is 345. The van der Waals surface area contributed by atoms with Crippen LogP contribution in [0.3, 0.4) is 0 Å². The Morgan fingerprint density at radius 3 is 3.18 bits per heavy atom. The first kappa shape index (κ1) is 14.4.